The van der Waals surface area contributed by atoms with Crippen LogP contribution in [0.15, 0.2) is 36.4 Å². The first-order valence-electron chi connectivity index (χ1n) is 7.74. The van der Waals surface area contributed by atoms with Gasteiger partial charge in [0.15, 0.2) is 0 Å². The van der Waals surface area contributed by atoms with Crippen molar-refractivity contribution >= 4 is 17.5 Å². The normalized spacial score (nSPS) is 10.4. The van der Waals surface area contributed by atoms with Crippen LogP contribution in [0, 0.1) is 6.92 Å². The van der Waals surface area contributed by atoms with Crippen molar-refractivity contribution in [2.24, 2.45) is 0 Å². The van der Waals surface area contributed by atoms with Crippen LogP contribution < -0.4 is 10.1 Å². The predicted molar refractivity (Wildman–Crippen MR) is 94.1 cm³/mol. The topological polar surface area (TPSA) is 38.3 Å². The number of hydrogen-bond acceptors (Lipinski definition) is 2. The van der Waals surface area contributed by atoms with Gasteiger partial charge in [-0.05, 0) is 47.7 Å². The zero-order chi connectivity index (χ0) is 16.8. The van der Waals surface area contributed by atoms with E-state index in [-0.39, 0.29) is 5.91 Å². The summed E-state index contributed by atoms with van der Waals surface area (Å²) in [7, 11) is 1.65. The lowest BCUT2D eigenvalue weighted by molar-refractivity contribution is -0.119. The molecule has 122 valence electrons. The average molecular weight is 332 g/mol. The molecule has 0 bridgehead atoms. The Labute approximate surface area is 142 Å². The van der Waals surface area contributed by atoms with E-state index in [0.717, 1.165) is 23.1 Å². The van der Waals surface area contributed by atoms with E-state index in [9.17, 15) is 4.79 Å². The molecule has 0 aromatic heterocycles. The summed E-state index contributed by atoms with van der Waals surface area (Å²) in [6, 6.07) is 11.8. The summed E-state index contributed by atoms with van der Waals surface area (Å²) in [6.07, 6.45) is 1.24. The highest BCUT2D eigenvalue weighted by Gasteiger charge is 2.12. The van der Waals surface area contributed by atoms with E-state index in [1.165, 1.54) is 5.56 Å². The highest BCUT2D eigenvalue weighted by atomic mass is 35.5. The molecule has 0 fully saturated rings. The Morgan fingerprint density at radius 2 is 1.96 bits per heavy atom. The van der Waals surface area contributed by atoms with Gasteiger partial charge in [0.2, 0.25) is 5.91 Å². The molecule has 2 aromatic rings. The highest BCUT2D eigenvalue weighted by molar-refractivity contribution is 6.32. The Hall–Kier alpha value is -2.00. The van der Waals surface area contributed by atoms with Crippen LogP contribution >= 0.6 is 11.6 Å². The number of likely N-dealkylation sites (N-methyl/N-ethyl adjacent to an activating group) is 1. The van der Waals surface area contributed by atoms with Gasteiger partial charge in [-0.3, -0.25) is 4.79 Å². The maximum absolute atomic E-state index is 11.7. The molecule has 3 nitrogen and oxygen atoms in total. The van der Waals surface area contributed by atoms with E-state index in [0.29, 0.717) is 23.8 Å². The first-order valence-corrected chi connectivity index (χ1v) is 8.12. The van der Waals surface area contributed by atoms with Crippen molar-refractivity contribution in [1.29, 1.82) is 0 Å². The average Bonchev–Trinajstić information content (AvgIpc) is 2.54. The molecule has 23 heavy (non-hydrogen) atoms. The van der Waals surface area contributed by atoms with Crippen LogP contribution in [-0.2, 0) is 24.2 Å². The maximum atomic E-state index is 11.7. The third kappa shape index (κ3) is 4.49. The Kier molecular flexibility index (Phi) is 6.05. The molecule has 0 radical (unpaired) electrons. The predicted octanol–water partition coefficient (Wildman–Crippen LogP) is 4.08. The number of benzene rings is 2. The van der Waals surface area contributed by atoms with Crippen molar-refractivity contribution < 1.29 is 9.53 Å². The number of aryl methyl sites for hydroxylation is 2. The monoisotopic (exact) mass is 331 g/mol. The van der Waals surface area contributed by atoms with Gasteiger partial charge in [-0.2, -0.15) is 0 Å². The van der Waals surface area contributed by atoms with Gasteiger partial charge in [0, 0.05) is 7.05 Å². The fourth-order valence-electron chi connectivity index (χ4n) is 2.50. The molecule has 0 heterocycles. The number of carbonyl (C=O) groups excluding carboxylic acids is 1. The van der Waals surface area contributed by atoms with Crippen molar-refractivity contribution in [2.75, 3.05) is 7.05 Å². The molecule has 2 rings (SSSR count). The number of carbonyl (C=O) groups is 1. The Bertz CT molecular complexity index is 698. The quantitative estimate of drug-likeness (QED) is 0.866. The Morgan fingerprint density at radius 1 is 1.22 bits per heavy atom. The Balaban J connectivity index is 2.24. The second-order valence-corrected chi connectivity index (χ2v) is 5.89. The number of amides is 1. The second kappa shape index (κ2) is 8.02. The van der Waals surface area contributed by atoms with E-state index in [1.54, 1.807) is 7.05 Å². The van der Waals surface area contributed by atoms with Gasteiger partial charge in [-0.25, -0.2) is 0 Å². The molecule has 0 aliphatic rings. The zero-order valence-corrected chi connectivity index (χ0v) is 14.5. The van der Waals surface area contributed by atoms with Crippen LogP contribution in [0.25, 0.3) is 0 Å². The lowest BCUT2D eigenvalue weighted by Crippen LogP contribution is -2.21. The van der Waals surface area contributed by atoms with E-state index < -0.39 is 0 Å². The fourth-order valence-corrected chi connectivity index (χ4v) is 2.79. The van der Waals surface area contributed by atoms with E-state index in [1.807, 2.05) is 37.3 Å². The standard InChI is InChI=1S/C19H22ClNO2/c1-4-14-6-5-7-15(11-19(22)21-3)16(14)12-23-18-9-8-13(2)10-17(18)20/h5-10H,4,11-12H2,1-3H3,(H,21,22). The second-order valence-electron chi connectivity index (χ2n) is 5.48. The highest BCUT2D eigenvalue weighted by Crippen LogP contribution is 2.27. The van der Waals surface area contributed by atoms with Gasteiger partial charge in [0.05, 0.1) is 11.4 Å². The van der Waals surface area contributed by atoms with Crippen molar-refractivity contribution in [3.8, 4) is 5.75 Å². The lowest BCUT2D eigenvalue weighted by Gasteiger charge is -2.15. The molecule has 4 heteroatoms. The van der Waals surface area contributed by atoms with Crippen LogP contribution in [0.2, 0.25) is 5.02 Å². The summed E-state index contributed by atoms with van der Waals surface area (Å²) >= 11 is 6.23. The number of nitrogens with one attached hydrogen (secondary N) is 1. The number of ether oxygens (including phenoxy) is 1. The van der Waals surface area contributed by atoms with Crippen molar-refractivity contribution in [3.63, 3.8) is 0 Å². The van der Waals surface area contributed by atoms with E-state index in [4.69, 9.17) is 16.3 Å². The molecule has 1 N–H and O–H groups in total. The largest absolute Gasteiger partial charge is 0.487 e. The zero-order valence-electron chi connectivity index (χ0n) is 13.8. The van der Waals surface area contributed by atoms with Crippen LogP contribution in [0.5, 0.6) is 5.75 Å². The van der Waals surface area contributed by atoms with Gasteiger partial charge >= 0.3 is 0 Å². The SMILES string of the molecule is CCc1cccc(CC(=O)NC)c1COc1ccc(C)cc1Cl. The van der Waals surface area contributed by atoms with E-state index in [2.05, 4.69) is 18.3 Å². The fraction of sp³-hybridized carbons (Fsp3) is 0.316. The minimum atomic E-state index is -0.00660. The van der Waals surface area contributed by atoms with Crippen LogP contribution in [-0.4, -0.2) is 13.0 Å². The van der Waals surface area contributed by atoms with Crippen molar-refractivity contribution in [2.45, 2.75) is 33.3 Å². The molecule has 0 spiro atoms. The number of hydrogen-bond donors (Lipinski definition) is 1. The first-order chi connectivity index (χ1) is 11.0. The third-order valence-corrected chi connectivity index (χ3v) is 4.14. The molecule has 0 saturated carbocycles. The first kappa shape index (κ1) is 17.4. The number of rotatable bonds is 6. The molecular formula is C19H22ClNO2. The van der Waals surface area contributed by atoms with Gasteiger partial charge < -0.3 is 10.1 Å². The maximum Gasteiger partial charge on any atom is 0.224 e. The molecule has 1 amide bonds. The van der Waals surface area contributed by atoms with Crippen LogP contribution in [0.4, 0.5) is 0 Å². The lowest BCUT2D eigenvalue weighted by atomic mass is 9.97. The molecular weight excluding hydrogens is 310 g/mol. The van der Waals surface area contributed by atoms with Crippen molar-refractivity contribution in [3.05, 3.63) is 63.7 Å². The summed E-state index contributed by atoms with van der Waals surface area (Å²) in [5.41, 5.74) is 4.34. The van der Waals surface area contributed by atoms with Crippen LogP contribution in [0.1, 0.15) is 29.2 Å². The smallest absolute Gasteiger partial charge is 0.224 e. The van der Waals surface area contributed by atoms with Gasteiger partial charge in [-0.15, -0.1) is 0 Å². The minimum absolute atomic E-state index is 0.00660. The van der Waals surface area contributed by atoms with E-state index >= 15 is 0 Å². The summed E-state index contributed by atoms with van der Waals surface area (Å²) < 4.78 is 5.91. The van der Waals surface area contributed by atoms with Gasteiger partial charge in [-0.1, -0.05) is 42.8 Å². The molecule has 0 saturated heterocycles. The molecule has 2 aromatic carbocycles. The van der Waals surface area contributed by atoms with Crippen molar-refractivity contribution in [1.82, 2.24) is 5.32 Å². The summed E-state index contributed by atoms with van der Waals surface area (Å²) in [6.45, 7) is 4.49. The van der Waals surface area contributed by atoms with Gasteiger partial charge in [0.1, 0.15) is 12.4 Å². The Morgan fingerprint density at radius 3 is 2.61 bits per heavy atom. The minimum Gasteiger partial charge on any atom is -0.487 e. The molecule has 0 atom stereocenters. The molecule has 0 unspecified atom stereocenters. The summed E-state index contributed by atoms with van der Waals surface area (Å²) in [5, 5.41) is 3.27. The summed E-state index contributed by atoms with van der Waals surface area (Å²) in [4.78, 5) is 11.7. The summed E-state index contributed by atoms with van der Waals surface area (Å²) in [5.74, 6) is 0.655. The molecule has 0 aliphatic heterocycles. The van der Waals surface area contributed by atoms with Gasteiger partial charge in [0.25, 0.3) is 0 Å². The molecule has 0 aliphatic carbocycles. The third-order valence-electron chi connectivity index (χ3n) is 3.84. The number of halogens is 1. The van der Waals surface area contributed by atoms with Crippen LogP contribution in [0.3, 0.4) is 0 Å².